The molecule has 0 aromatic carbocycles. The van der Waals surface area contributed by atoms with E-state index in [1.807, 2.05) is 0 Å². The highest BCUT2D eigenvalue weighted by atomic mass is 16.7. The maximum atomic E-state index is 15.3. The predicted molar refractivity (Wildman–Crippen MR) is 246 cm³/mol. The van der Waals surface area contributed by atoms with E-state index in [4.69, 9.17) is 18.9 Å². The van der Waals surface area contributed by atoms with Crippen LogP contribution in [0.1, 0.15) is 132 Å². The topological polar surface area (TPSA) is 248 Å². The Balaban J connectivity index is 1.46. The Morgan fingerprint density at radius 2 is 1.64 bits per heavy atom. The quantitative estimate of drug-likeness (QED) is 0.0529. The molecule has 5 rings (SSSR count). The van der Waals surface area contributed by atoms with E-state index in [2.05, 4.69) is 46.0 Å². The highest BCUT2D eigenvalue weighted by molar-refractivity contribution is 5.92. The Labute approximate surface area is 393 Å². The van der Waals surface area contributed by atoms with Gasteiger partial charge in [-0.05, 0) is 118 Å². The monoisotopic (exact) mass is 941 g/mol. The molecule has 18 atom stereocenters. The summed E-state index contributed by atoms with van der Waals surface area (Å²) in [5.41, 5.74) is -1.39. The van der Waals surface area contributed by atoms with Gasteiger partial charge < -0.3 is 70.0 Å². The number of amides is 2. The molecule has 382 valence electrons. The van der Waals surface area contributed by atoms with Gasteiger partial charge in [0.25, 0.3) is 5.91 Å². The third-order valence-electron chi connectivity index (χ3n) is 17.0. The lowest BCUT2D eigenvalue weighted by Crippen LogP contribution is -2.67. The third-order valence-corrected chi connectivity index (χ3v) is 17.0. The minimum Gasteiger partial charge on any atom is -0.394 e. The maximum Gasteiger partial charge on any atom is 0.258 e. The number of ether oxygens (including phenoxy) is 4. The van der Waals surface area contributed by atoms with Crippen LogP contribution >= 0.6 is 0 Å². The van der Waals surface area contributed by atoms with Crippen molar-refractivity contribution in [3.05, 3.63) is 11.6 Å². The molecule has 66 heavy (non-hydrogen) atoms. The number of carbonyl (C=O) groups excluding carboxylic acids is 2. The van der Waals surface area contributed by atoms with Gasteiger partial charge in [-0.3, -0.25) is 9.59 Å². The molecule has 16 heteroatoms. The zero-order valence-electron chi connectivity index (χ0n) is 41.4. The lowest BCUT2D eigenvalue weighted by Gasteiger charge is -2.59. The van der Waals surface area contributed by atoms with Crippen LogP contribution in [0.25, 0.3) is 0 Å². The van der Waals surface area contributed by atoms with Crippen molar-refractivity contribution in [2.24, 2.45) is 46.3 Å². The number of nitrogens with zero attached hydrogens (tertiary/aromatic N) is 1. The summed E-state index contributed by atoms with van der Waals surface area (Å²) in [7, 11) is 1.55. The number of rotatable bonds is 23. The van der Waals surface area contributed by atoms with Gasteiger partial charge in [0, 0.05) is 32.2 Å². The van der Waals surface area contributed by atoms with Crippen LogP contribution in [-0.4, -0.2) is 170 Å². The second-order valence-corrected chi connectivity index (χ2v) is 22.1. The number of aliphatic hydroxyl groups is 8. The molecule has 16 nitrogen and oxygen atoms in total. The number of carbonyl (C=O) groups is 2. The maximum absolute atomic E-state index is 15.3. The number of hydrogen-bond acceptors (Lipinski definition) is 14. The van der Waals surface area contributed by atoms with Crippen LogP contribution in [0, 0.1) is 46.3 Å². The largest absolute Gasteiger partial charge is 0.394 e. The molecule has 4 aliphatic carbocycles. The molecule has 0 radical (unpaired) electrons. The van der Waals surface area contributed by atoms with Crippen LogP contribution < -0.4 is 5.32 Å². The molecule has 0 spiro atoms. The van der Waals surface area contributed by atoms with Gasteiger partial charge >= 0.3 is 0 Å². The van der Waals surface area contributed by atoms with Gasteiger partial charge in [0.15, 0.2) is 11.9 Å². The van der Waals surface area contributed by atoms with E-state index < -0.39 is 91.7 Å². The van der Waals surface area contributed by atoms with E-state index in [-0.39, 0.29) is 31.1 Å². The zero-order valence-corrected chi connectivity index (χ0v) is 41.4. The molecule has 2 amide bonds. The zero-order chi connectivity index (χ0) is 48.9. The highest BCUT2D eigenvalue weighted by Gasteiger charge is 2.60. The molecule has 1 heterocycles. The van der Waals surface area contributed by atoms with Crippen LogP contribution in [0.15, 0.2) is 11.6 Å². The highest BCUT2D eigenvalue weighted by Crippen LogP contribution is 2.67. The molecule has 1 aliphatic heterocycles. The summed E-state index contributed by atoms with van der Waals surface area (Å²) >= 11 is 0. The fraction of sp³-hybridized carbons (Fsp3) is 0.920. The van der Waals surface area contributed by atoms with Crippen LogP contribution in [0.4, 0.5) is 0 Å². The molecule has 5 aliphatic rings. The summed E-state index contributed by atoms with van der Waals surface area (Å²) in [6.07, 6.45) is -1.42. The first-order valence-electron chi connectivity index (χ1n) is 25.1. The van der Waals surface area contributed by atoms with Crippen LogP contribution in [-0.2, 0) is 28.5 Å². The second kappa shape index (κ2) is 23.4. The van der Waals surface area contributed by atoms with Gasteiger partial charge in [0.1, 0.15) is 48.8 Å². The Bertz CT molecular complexity index is 1600. The number of methoxy groups -OCH3 is 1. The minimum absolute atomic E-state index is 0.0408. The van der Waals surface area contributed by atoms with E-state index >= 15 is 4.79 Å². The normalized spacial score (nSPS) is 36.6. The lowest BCUT2D eigenvalue weighted by atomic mass is 9.46. The molecule has 0 aromatic heterocycles. The van der Waals surface area contributed by atoms with Crippen molar-refractivity contribution in [2.45, 2.75) is 205 Å². The summed E-state index contributed by atoms with van der Waals surface area (Å²) in [5, 5.41) is 89.7. The van der Waals surface area contributed by atoms with Gasteiger partial charge in [0.2, 0.25) is 5.91 Å². The molecule has 3 saturated carbocycles. The van der Waals surface area contributed by atoms with Crippen LogP contribution in [0.2, 0.25) is 0 Å². The number of hydrogen-bond donors (Lipinski definition) is 9. The summed E-state index contributed by atoms with van der Waals surface area (Å²) < 4.78 is 22.2. The molecular formula is C50H88N2O14. The Morgan fingerprint density at radius 1 is 0.924 bits per heavy atom. The van der Waals surface area contributed by atoms with Gasteiger partial charge in [-0.2, -0.15) is 0 Å². The van der Waals surface area contributed by atoms with E-state index in [0.29, 0.717) is 48.5 Å². The molecule has 1 saturated heterocycles. The number of fused-ring (bicyclic) bond motifs is 5. The summed E-state index contributed by atoms with van der Waals surface area (Å²) in [6.45, 7) is 15.5. The van der Waals surface area contributed by atoms with E-state index in [1.54, 1.807) is 21.0 Å². The number of nitrogens with one attached hydrogen (secondary N) is 1. The van der Waals surface area contributed by atoms with Crippen LogP contribution in [0.3, 0.4) is 0 Å². The van der Waals surface area contributed by atoms with E-state index in [1.165, 1.54) is 49.0 Å². The van der Waals surface area contributed by atoms with Gasteiger partial charge in [0.05, 0.1) is 26.4 Å². The minimum atomic E-state index is -2.80. The fourth-order valence-electron chi connectivity index (χ4n) is 13.2. The first kappa shape index (κ1) is 55.1. The van der Waals surface area contributed by atoms with E-state index in [0.717, 1.165) is 38.0 Å². The average Bonchev–Trinajstić information content (AvgIpc) is 3.63. The van der Waals surface area contributed by atoms with E-state index in [9.17, 15) is 45.6 Å². The summed E-state index contributed by atoms with van der Waals surface area (Å²) in [5.74, 6) is 2.30. The summed E-state index contributed by atoms with van der Waals surface area (Å²) in [6, 6.07) is -2.08. The first-order chi connectivity index (χ1) is 31.1. The van der Waals surface area contributed by atoms with Crippen molar-refractivity contribution >= 4 is 11.8 Å². The standard InChI is InChI=1S/C50H88N2O14/c1-28(2)11-10-12-30(5)34-15-16-35-33-14-13-31-25-32(17-20-48(31,6)36(33)18-21-49(34,35)7)52(37(45(60)51-29(3)4)19-22-64-24-23-63-9)47(61)50(8,62)44(59)43(38(55)26-53)66-46-42(58)41(57)40(56)39(27-54)65-46/h13,28-30,32-44,46,53-59,62H,10-12,14-27H2,1-9H3,(H,51,60)/t30-,32?,33+,34-,35+,36+,37?,38?,39?,40+,41?,42+,43?,44?,46+,48+,49-,50?/m1/s1. The van der Waals surface area contributed by atoms with Crippen molar-refractivity contribution < 1.29 is 69.4 Å². The summed E-state index contributed by atoms with van der Waals surface area (Å²) in [4.78, 5) is 31.0. The van der Waals surface area contributed by atoms with Crippen molar-refractivity contribution in [2.75, 3.05) is 40.1 Å². The van der Waals surface area contributed by atoms with Gasteiger partial charge in [-0.15, -0.1) is 0 Å². The van der Waals surface area contributed by atoms with Crippen molar-refractivity contribution in [1.82, 2.24) is 10.2 Å². The third kappa shape index (κ3) is 11.7. The molecular weight excluding hydrogens is 853 g/mol. The lowest BCUT2D eigenvalue weighted by molar-refractivity contribution is -0.329. The Hall–Kier alpha value is -1.80. The Kier molecular flexibility index (Phi) is 19.6. The van der Waals surface area contributed by atoms with Gasteiger partial charge in [-0.25, -0.2) is 0 Å². The molecule has 8 unspecified atom stereocenters. The fourth-order valence-corrected chi connectivity index (χ4v) is 13.2. The van der Waals surface area contributed by atoms with Crippen molar-refractivity contribution in [3.8, 4) is 0 Å². The molecule has 0 bridgehead atoms. The van der Waals surface area contributed by atoms with Gasteiger partial charge in [-0.1, -0.05) is 65.5 Å². The smallest absolute Gasteiger partial charge is 0.258 e. The second-order valence-electron chi connectivity index (χ2n) is 22.1. The van der Waals surface area contributed by atoms with Crippen molar-refractivity contribution in [1.29, 1.82) is 0 Å². The molecule has 4 fully saturated rings. The van der Waals surface area contributed by atoms with Crippen molar-refractivity contribution in [3.63, 3.8) is 0 Å². The number of aliphatic hydroxyl groups excluding tert-OH is 7. The Morgan fingerprint density at radius 3 is 2.27 bits per heavy atom. The number of allylic oxidation sites excluding steroid dienone is 1. The molecule has 0 aromatic rings. The predicted octanol–water partition coefficient (Wildman–Crippen LogP) is 2.82. The first-order valence-corrected chi connectivity index (χ1v) is 25.1. The van der Waals surface area contributed by atoms with Crippen LogP contribution in [0.5, 0.6) is 0 Å². The molecule has 9 N–H and O–H groups in total. The average molecular weight is 941 g/mol. The SMILES string of the molecule is COCCOCCC(C(=O)NC(C)C)N(C(=O)C(C)(O)C(O)C(O[C@@H]1OC(CO)[C@H](O)C(O)[C@@H]1O)C(O)CO)C1CC[C@@]2(C)C(=CC[C@H]3[C@@H]4CC[C@H]([C@H](C)CCCC(C)C)[C@@]4(C)CC[C@@H]32)C1.